The molecule has 11 aromatic rings. The summed E-state index contributed by atoms with van der Waals surface area (Å²) < 4.78 is 9.22. The first-order chi connectivity index (χ1) is 28.3. The molecule has 0 saturated heterocycles. The Balaban J connectivity index is 1.10. The van der Waals surface area contributed by atoms with Crippen LogP contribution in [0.2, 0.25) is 0 Å². The van der Waals surface area contributed by atoms with Crippen molar-refractivity contribution in [3.63, 3.8) is 0 Å². The predicted molar refractivity (Wildman–Crippen MR) is 239 cm³/mol. The maximum atomic E-state index is 6.86. The summed E-state index contributed by atoms with van der Waals surface area (Å²) in [6, 6.07) is 77.9. The summed E-state index contributed by atoms with van der Waals surface area (Å²) in [6.45, 7) is 0. The van der Waals surface area contributed by atoms with E-state index in [1.807, 2.05) is 6.07 Å². The fourth-order valence-electron chi connectivity index (χ4n) is 8.62. The number of benzene rings is 9. The third kappa shape index (κ3) is 5.51. The molecule has 2 aromatic heterocycles. The summed E-state index contributed by atoms with van der Waals surface area (Å²) in [5.74, 6) is 0. The van der Waals surface area contributed by atoms with E-state index in [2.05, 4.69) is 222 Å². The number of anilines is 3. The van der Waals surface area contributed by atoms with E-state index < -0.39 is 0 Å². The van der Waals surface area contributed by atoms with E-state index >= 15 is 0 Å². The van der Waals surface area contributed by atoms with E-state index in [1.54, 1.807) is 0 Å². The van der Waals surface area contributed by atoms with E-state index in [1.165, 1.54) is 44.1 Å². The molecular formula is C54H36N2O. The Morgan fingerprint density at radius 3 is 1.56 bits per heavy atom. The van der Waals surface area contributed by atoms with Gasteiger partial charge in [0.15, 0.2) is 0 Å². The lowest BCUT2D eigenvalue weighted by Gasteiger charge is -2.28. The highest BCUT2D eigenvalue weighted by atomic mass is 16.3. The second kappa shape index (κ2) is 13.6. The van der Waals surface area contributed by atoms with Crippen LogP contribution in [0.4, 0.5) is 17.1 Å². The summed E-state index contributed by atoms with van der Waals surface area (Å²) in [4.78, 5) is 2.38. The van der Waals surface area contributed by atoms with Crippen LogP contribution < -0.4 is 4.90 Å². The van der Waals surface area contributed by atoms with Crippen molar-refractivity contribution in [2.75, 3.05) is 4.90 Å². The Morgan fingerprint density at radius 2 is 0.895 bits per heavy atom. The van der Waals surface area contributed by atoms with E-state index in [0.717, 1.165) is 55.8 Å². The maximum Gasteiger partial charge on any atom is 0.145 e. The van der Waals surface area contributed by atoms with Gasteiger partial charge in [0.1, 0.15) is 11.2 Å². The number of aromatic nitrogens is 1. The van der Waals surface area contributed by atoms with Crippen molar-refractivity contribution < 1.29 is 4.42 Å². The smallest absolute Gasteiger partial charge is 0.145 e. The molecule has 0 radical (unpaired) electrons. The highest BCUT2D eigenvalue weighted by molar-refractivity contribution is 6.17. The van der Waals surface area contributed by atoms with Crippen LogP contribution in [0.15, 0.2) is 223 Å². The van der Waals surface area contributed by atoms with Crippen molar-refractivity contribution in [3.8, 4) is 39.1 Å². The van der Waals surface area contributed by atoms with Gasteiger partial charge in [-0.15, -0.1) is 0 Å². The first-order valence-electron chi connectivity index (χ1n) is 19.4. The average molecular weight is 729 g/mol. The van der Waals surface area contributed by atoms with Crippen molar-refractivity contribution in [2.45, 2.75) is 0 Å². The number of para-hydroxylation sites is 4. The number of hydrogen-bond donors (Lipinski definition) is 0. The zero-order chi connectivity index (χ0) is 37.7. The molecule has 0 saturated carbocycles. The molecule has 2 heterocycles. The van der Waals surface area contributed by atoms with Gasteiger partial charge in [-0.25, -0.2) is 0 Å². The molecule has 0 aliphatic heterocycles. The van der Waals surface area contributed by atoms with Crippen LogP contribution in [-0.2, 0) is 0 Å². The van der Waals surface area contributed by atoms with Crippen molar-refractivity contribution >= 4 is 60.8 Å². The summed E-state index contributed by atoms with van der Waals surface area (Å²) in [6.07, 6.45) is 0. The third-order valence-corrected chi connectivity index (χ3v) is 11.2. The van der Waals surface area contributed by atoms with Gasteiger partial charge in [0.05, 0.1) is 22.1 Å². The van der Waals surface area contributed by atoms with Crippen molar-refractivity contribution in [3.05, 3.63) is 218 Å². The zero-order valence-corrected chi connectivity index (χ0v) is 31.1. The first kappa shape index (κ1) is 32.8. The molecule has 0 aliphatic carbocycles. The summed E-state index contributed by atoms with van der Waals surface area (Å²) in [5.41, 5.74) is 15.3. The molecule has 0 amide bonds. The minimum absolute atomic E-state index is 0.862. The van der Waals surface area contributed by atoms with Gasteiger partial charge in [-0.2, -0.15) is 0 Å². The summed E-state index contributed by atoms with van der Waals surface area (Å²) in [5, 5.41) is 4.67. The largest absolute Gasteiger partial charge is 0.455 e. The van der Waals surface area contributed by atoms with Gasteiger partial charge < -0.3 is 13.9 Å². The molecule has 0 aliphatic rings. The molecule has 11 rings (SSSR count). The Morgan fingerprint density at radius 1 is 0.368 bits per heavy atom. The molecule has 0 unspecified atom stereocenters. The normalized spacial score (nSPS) is 11.5. The maximum absolute atomic E-state index is 6.86. The monoisotopic (exact) mass is 728 g/mol. The van der Waals surface area contributed by atoms with Crippen molar-refractivity contribution in [2.24, 2.45) is 0 Å². The Bertz CT molecular complexity index is 3160. The van der Waals surface area contributed by atoms with E-state index in [4.69, 9.17) is 4.42 Å². The van der Waals surface area contributed by atoms with Crippen LogP contribution in [0, 0.1) is 0 Å². The quantitative estimate of drug-likeness (QED) is 0.163. The van der Waals surface area contributed by atoms with Gasteiger partial charge >= 0.3 is 0 Å². The highest BCUT2D eigenvalue weighted by Gasteiger charge is 2.23. The van der Waals surface area contributed by atoms with Crippen LogP contribution in [0.3, 0.4) is 0 Å². The second-order valence-electron chi connectivity index (χ2n) is 14.5. The Kier molecular flexibility index (Phi) is 7.82. The molecule has 0 bridgehead atoms. The van der Waals surface area contributed by atoms with Gasteiger partial charge in [-0.3, -0.25) is 0 Å². The third-order valence-electron chi connectivity index (χ3n) is 11.2. The summed E-state index contributed by atoms with van der Waals surface area (Å²) >= 11 is 0. The van der Waals surface area contributed by atoms with Crippen molar-refractivity contribution in [1.82, 2.24) is 4.57 Å². The Labute approximate surface area is 330 Å². The first-order valence-corrected chi connectivity index (χ1v) is 19.4. The van der Waals surface area contributed by atoms with Crippen LogP contribution in [0.5, 0.6) is 0 Å². The van der Waals surface area contributed by atoms with Crippen LogP contribution in [0.1, 0.15) is 0 Å². The topological polar surface area (TPSA) is 21.3 Å². The SMILES string of the molecule is c1ccc(-c2ccc(N(c3ccccc3)c3ccc(-c4ccc(-n5c6ccccc6c6ccccc65)cc4)c4oc5ccccc5c34)cc2-c2ccccc2)cc1. The molecule has 3 heteroatoms. The Hall–Kier alpha value is -7.62. The standard InChI is InChI=1S/C54H36N2O/c1-4-16-37(17-5-1)43-33-32-42(36-48(43)38-18-6-2-7-19-38)55(40-20-8-3-9-21-40)51-35-34-44(54-53(51)47-24-12-15-27-52(47)57-54)39-28-30-41(31-29-39)56-49-25-13-10-22-45(49)46-23-11-14-26-50(46)56/h1-36H. The van der Waals surface area contributed by atoms with Gasteiger partial charge in [0, 0.05) is 38.8 Å². The number of fused-ring (bicyclic) bond motifs is 6. The number of hydrogen-bond acceptors (Lipinski definition) is 2. The van der Waals surface area contributed by atoms with Crippen LogP contribution >= 0.6 is 0 Å². The molecule has 0 atom stereocenters. The minimum Gasteiger partial charge on any atom is -0.455 e. The molecule has 268 valence electrons. The predicted octanol–water partition coefficient (Wildman–Crippen LogP) is 15.2. The van der Waals surface area contributed by atoms with E-state index in [0.29, 0.717) is 0 Å². The molecule has 3 nitrogen and oxygen atoms in total. The number of furan rings is 1. The molecule has 0 fully saturated rings. The lowest BCUT2D eigenvalue weighted by Crippen LogP contribution is -2.10. The zero-order valence-electron chi connectivity index (χ0n) is 31.1. The summed E-state index contributed by atoms with van der Waals surface area (Å²) in [7, 11) is 0. The van der Waals surface area contributed by atoms with Gasteiger partial charge in [-0.1, -0.05) is 152 Å². The second-order valence-corrected chi connectivity index (χ2v) is 14.5. The molecule has 0 N–H and O–H groups in total. The number of rotatable bonds is 7. The fourth-order valence-corrected chi connectivity index (χ4v) is 8.62. The lowest BCUT2D eigenvalue weighted by molar-refractivity contribution is 0.670. The minimum atomic E-state index is 0.862. The van der Waals surface area contributed by atoms with Crippen LogP contribution in [0.25, 0.3) is 82.8 Å². The van der Waals surface area contributed by atoms with Gasteiger partial charge in [0.25, 0.3) is 0 Å². The van der Waals surface area contributed by atoms with Crippen LogP contribution in [-0.4, -0.2) is 4.57 Å². The molecule has 9 aromatic carbocycles. The van der Waals surface area contributed by atoms with Gasteiger partial charge in [-0.05, 0) is 94.5 Å². The van der Waals surface area contributed by atoms with E-state index in [-0.39, 0.29) is 0 Å². The highest BCUT2D eigenvalue weighted by Crippen LogP contribution is 2.47. The van der Waals surface area contributed by atoms with Crippen molar-refractivity contribution in [1.29, 1.82) is 0 Å². The molecule has 57 heavy (non-hydrogen) atoms. The average Bonchev–Trinajstić information content (AvgIpc) is 3.84. The number of nitrogens with zero attached hydrogens (tertiary/aromatic N) is 2. The van der Waals surface area contributed by atoms with E-state index in [9.17, 15) is 0 Å². The van der Waals surface area contributed by atoms with Gasteiger partial charge in [0.2, 0.25) is 0 Å². The lowest BCUT2D eigenvalue weighted by atomic mass is 9.93. The fraction of sp³-hybridized carbons (Fsp3) is 0. The molecular weight excluding hydrogens is 693 g/mol. The molecule has 0 spiro atoms.